The fourth-order valence-electron chi connectivity index (χ4n) is 2.55. The lowest BCUT2D eigenvalue weighted by molar-refractivity contribution is -0.113. The van der Waals surface area contributed by atoms with E-state index in [0.717, 1.165) is 5.56 Å². The number of thioether (sulfide) groups is 1. The molecule has 0 aliphatic rings. The molecule has 2 aromatic heterocycles. The molecule has 3 aromatic rings. The minimum atomic E-state index is -0.179. The van der Waals surface area contributed by atoms with E-state index in [1.807, 2.05) is 43.5 Å². The van der Waals surface area contributed by atoms with E-state index in [-0.39, 0.29) is 17.2 Å². The molecule has 0 saturated heterocycles. The largest absolute Gasteiger partial charge is 0.495 e. The van der Waals surface area contributed by atoms with E-state index in [1.54, 1.807) is 11.7 Å². The van der Waals surface area contributed by atoms with Crippen LogP contribution in [0, 0.1) is 6.92 Å². The van der Waals surface area contributed by atoms with E-state index < -0.39 is 0 Å². The van der Waals surface area contributed by atoms with Crippen molar-refractivity contribution in [3.8, 4) is 5.75 Å². The van der Waals surface area contributed by atoms with Gasteiger partial charge < -0.3 is 10.1 Å². The zero-order valence-corrected chi connectivity index (χ0v) is 16.4. The molecule has 2 heterocycles. The molecular weight excluding hydrogens is 370 g/mol. The molecule has 0 fully saturated rings. The Kier molecular flexibility index (Phi) is 5.63. The minimum absolute atomic E-state index is 0.0595. The molecule has 136 valence electrons. The van der Waals surface area contributed by atoms with Crippen LogP contribution in [0.3, 0.4) is 0 Å². The number of hydrogen-bond donors (Lipinski definition) is 1. The highest BCUT2D eigenvalue weighted by Crippen LogP contribution is 2.26. The van der Waals surface area contributed by atoms with Crippen molar-refractivity contribution in [3.05, 3.63) is 45.6 Å². The SMILES string of the molecule is CCn1c(SCC(=O)Nc2cc(C)ccc2OC)nc2ccsc2c1=O. The second-order valence-electron chi connectivity index (χ2n) is 5.62. The van der Waals surface area contributed by atoms with Gasteiger partial charge in [0.15, 0.2) is 5.16 Å². The quantitative estimate of drug-likeness (QED) is 0.516. The molecule has 0 aliphatic heterocycles. The van der Waals surface area contributed by atoms with E-state index in [2.05, 4.69) is 10.3 Å². The molecule has 1 N–H and O–H groups in total. The van der Waals surface area contributed by atoms with Crippen molar-refractivity contribution in [2.45, 2.75) is 25.5 Å². The molecule has 0 spiro atoms. The molecule has 6 nitrogen and oxygen atoms in total. The van der Waals surface area contributed by atoms with Crippen molar-refractivity contribution in [2.24, 2.45) is 0 Å². The average Bonchev–Trinajstić information content (AvgIpc) is 3.09. The van der Waals surface area contributed by atoms with E-state index in [1.165, 1.54) is 23.1 Å². The Bertz CT molecular complexity index is 1010. The first-order chi connectivity index (χ1) is 12.5. The average molecular weight is 390 g/mol. The number of aromatic nitrogens is 2. The number of hydrogen-bond acceptors (Lipinski definition) is 6. The highest BCUT2D eigenvalue weighted by molar-refractivity contribution is 7.99. The monoisotopic (exact) mass is 389 g/mol. The van der Waals surface area contributed by atoms with Crippen LogP contribution in [-0.4, -0.2) is 28.3 Å². The van der Waals surface area contributed by atoms with E-state index in [0.29, 0.717) is 33.4 Å². The van der Waals surface area contributed by atoms with Crippen LogP contribution < -0.4 is 15.6 Å². The maximum absolute atomic E-state index is 12.5. The molecule has 1 aromatic carbocycles. The van der Waals surface area contributed by atoms with Gasteiger partial charge in [0.05, 0.1) is 24.1 Å². The van der Waals surface area contributed by atoms with Gasteiger partial charge in [-0.1, -0.05) is 17.8 Å². The summed E-state index contributed by atoms with van der Waals surface area (Å²) in [6.45, 7) is 4.35. The summed E-state index contributed by atoms with van der Waals surface area (Å²) in [6.07, 6.45) is 0. The predicted molar refractivity (Wildman–Crippen MR) is 107 cm³/mol. The van der Waals surface area contributed by atoms with Gasteiger partial charge in [0.2, 0.25) is 5.91 Å². The van der Waals surface area contributed by atoms with Crippen molar-refractivity contribution in [3.63, 3.8) is 0 Å². The summed E-state index contributed by atoms with van der Waals surface area (Å²) in [5, 5.41) is 5.26. The van der Waals surface area contributed by atoms with Crippen LogP contribution in [0.4, 0.5) is 5.69 Å². The zero-order valence-electron chi connectivity index (χ0n) is 14.7. The summed E-state index contributed by atoms with van der Waals surface area (Å²) in [5.41, 5.74) is 2.27. The van der Waals surface area contributed by atoms with Crippen molar-refractivity contribution in [1.82, 2.24) is 9.55 Å². The number of nitrogens with zero attached hydrogens (tertiary/aromatic N) is 2. The lowest BCUT2D eigenvalue weighted by Gasteiger charge is -2.12. The first-order valence-electron chi connectivity index (χ1n) is 8.08. The summed E-state index contributed by atoms with van der Waals surface area (Å²) in [5.74, 6) is 0.581. The Morgan fingerprint density at radius 1 is 1.38 bits per heavy atom. The third kappa shape index (κ3) is 3.76. The van der Waals surface area contributed by atoms with Crippen LogP contribution >= 0.6 is 23.1 Å². The molecule has 0 atom stereocenters. The molecular formula is C18H19N3O3S2. The van der Waals surface area contributed by atoms with Crippen molar-refractivity contribution in [1.29, 1.82) is 0 Å². The third-order valence-corrected chi connectivity index (χ3v) is 5.68. The van der Waals surface area contributed by atoms with Crippen LogP contribution in [0.5, 0.6) is 5.75 Å². The van der Waals surface area contributed by atoms with Crippen LogP contribution in [0.15, 0.2) is 39.6 Å². The Morgan fingerprint density at radius 3 is 2.92 bits per heavy atom. The second kappa shape index (κ2) is 7.92. The number of rotatable bonds is 6. The molecule has 8 heteroatoms. The van der Waals surface area contributed by atoms with Gasteiger partial charge in [0, 0.05) is 6.54 Å². The standard InChI is InChI=1S/C18H19N3O3S2/c1-4-21-17(23)16-12(7-8-25-16)20-18(21)26-10-15(22)19-13-9-11(2)5-6-14(13)24-3/h5-9H,4,10H2,1-3H3,(H,19,22). The van der Waals surface area contributed by atoms with Gasteiger partial charge in [-0.15, -0.1) is 11.3 Å². The first-order valence-corrected chi connectivity index (χ1v) is 9.95. The highest BCUT2D eigenvalue weighted by atomic mass is 32.2. The predicted octanol–water partition coefficient (Wildman–Crippen LogP) is 3.53. The summed E-state index contributed by atoms with van der Waals surface area (Å²) in [6, 6.07) is 7.42. The lowest BCUT2D eigenvalue weighted by Crippen LogP contribution is -2.22. The number of anilines is 1. The van der Waals surface area contributed by atoms with Gasteiger partial charge in [-0.2, -0.15) is 0 Å². The number of thiophene rings is 1. The highest BCUT2D eigenvalue weighted by Gasteiger charge is 2.14. The second-order valence-corrected chi connectivity index (χ2v) is 7.48. The van der Waals surface area contributed by atoms with Gasteiger partial charge in [-0.25, -0.2) is 4.98 Å². The minimum Gasteiger partial charge on any atom is -0.495 e. The Morgan fingerprint density at radius 2 is 2.19 bits per heavy atom. The molecule has 3 rings (SSSR count). The van der Waals surface area contributed by atoms with Crippen molar-refractivity contribution < 1.29 is 9.53 Å². The van der Waals surface area contributed by atoms with Crippen LogP contribution in [0.25, 0.3) is 10.2 Å². The number of fused-ring (bicyclic) bond motifs is 1. The number of carbonyl (C=O) groups is 1. The van der Waals surface area contributed by atoms with E-state index in [9.17, 15) is 9.59 Å². The molecule has 1 amide bonds. The van der Waals surface area contributed by atoms with Gasteiger partial charge in [0.1, 0.15) is 10.4 Å². The summed E-state index contributed by atoms with van der Waals surface area (Å²) < 4.78 is 7.52. The van der Waals surface area contributed by atoms with Crippen molar-refractivity contribution >= 4 is 44.9 Å². The fourth-order valence-corrected chi connectivity index (χ4v) is 4.19. The third-order valence-electron chi connectivity index (χ3n) is 3.81. The molecule has 0 saturated carbocycles. The molecule has 0 unspecified atom stereocenters. The Balaban J connectivity index is 1.77. The van der Waals surface area contributed by atoms with Crippen LogP contribution in [-0.2, 0) is 11.3 Å². The number of nitrogens with one attached hydrogen (secondary N) is 1. The summed E-state index contributed by atoms with van der Waals surface area (Å²) in [4.78, 5) is 29.4. The number of methoxy groups -OCH3 is 1. The molecule has 0 radical (unpaired) electrons. The number of amides is 1. The number of benzene rings is 1. The molecule has 0 bridgehead atoms. The number of aryl methyl sites for hydroxylation is 1. The smallest absolute Gasteiger partial charge is 0.272 e. The topological polar surface area (TPSA) is 73.2 Å². The molecule has 26 heavy (non-hydrogen) atoms. The lowest BCUT2D eigenvalue weighted by atomic mass is 10.2. The first kappa shape index (κ1) is 18.5. The van der Waals surface area contributed by atoms with Crippen LogP contribution in [0.1, 0.15) is 12.5 Å². The Hall–Kier alpha value is -2.32. The normalized spacial score (nSPS) is 10.9. The number of ether oxygens (including phenoxy) is 1. The maximum Gasteiger partial charge on any atom is 0.272 e. The van der Waals surface area contributed by atoms with Gasteiger partial charge in [0.25, 0.3) is 5.56 Å². The van der Waals surface area contributed by atoms with Gasteiger partial charge in [-0.3, -0.25) is 14.2 Å². The summed E-state index contributed by atoms with van der Waals surface area (Å²) in [7, 11) is 1.56. The maximum atomic E-state index is 12.5. The van der Waals surface area contributed by atoms with E-state index in [4.69, 9.17) is 4.74 Å². The van der Waals surface area contributed by atoms with Gasteiger partial charge >= 0.3 is 0 Å². The Labute approximate surface area is 159 Å². The fraction of sp³-hybridized carbons (Fsp3) is 0.278. The van der Waals surface area contributed by atoms with Crippen LogP contribution in [0.2, 0.25) is 0 Å². The molecule has 0 aliphatic carbocycles. The number of carbonyl (C=O) groups excluding carboxylic acids is 1. The zero-order chi connectivity index (χ0) is 18.7. The van der Waals surface area contributed by atoms with Gasteiger partial charge in [-0.05, 0) is 43.0 Å². The van der Waals surface area contributed by atoms with E-state index >= 15 is 0 Å². The summed E-state index contributed by atoms with van der Waals surface area (Å²) >= 11 is 2.64. The van der Waals surface area contributed by atoms with Crippen molar-refractivity contribution in [2.75, 3.05) is 18.2 Å².